The molecule has 0 aliphatic heterocycles. The summed E-state index contributed by atoms with van der Waals surface area (Å²) >= 11 is 12.2. The van der Waals surface area contributed by atoms with Crippen molar-refractivity contribution in [3.63, 3.8) is 0 Å². The normalized spacial score (nSPS) is 18.2. The molecule has 1 aromatic carbocycles. The summed E-state index contributed by atoms with van der Waals surface area (Å²) in [6.07, 6.45) is 7.70. The lowest BCUT2D eigenvalue weighted by molar-refractivity contribution is 0.390. The van der Waals surface area contributed by atoms with Crippen molar-refractivity contribution in [3.05, 3.63) is 33.8 Å². The molecule has 100 valence electrons. The van der Waals surface area contributed by atoms with Crippen molar-refractivity contribution in [2.75, 3.05) is 13.6 Å². The first-order valence-corrected chi connectivity index (χ1v) is 7.54. The van der Waals surface area contributed by atoms with Gasteiger partial charge in [0.15, 0.2) is 0 Å². The maximum Gasteiger partial charge on any atom is 0.0595 e. The molecule has 1 nitrogen and oxygen atoms in total. The maximum atomic E-state index is 6.17. The minimum absolute atomic E-state index is 0.338. The fourth-order valence-electron chi connectivity index (χ4n) is 3.16. The van der Waals surface area contributed by atoms with Gasteiger partial charge < -0.3 is 5.32 Å². The van der Waals surface area contributed by atoms with Crippen LogP contribution in [0.5, 0.6) is 0 Å². The Morgan fingerprint density at radius 2 is 1.89 bits per heavy atom. The van der Waals surface area contributed by atoms with Gasteiger partial charge in [-0.3, -0.25) is 0 Å². The van der Waals surface area contributed by atoms with E-state index in [1.54, 1.807) is 0 Å². The van der Waals surface area contributed by atoms with Crippen LogP contribution in [0.1, 0.15) is 44.1 Å². The second-order valence-corrected chi connectivity index (χ2v) is 6.14. The molecule has 0 radical (unpaired) electrons. The molecule has 1 N–H and O–H groups in total. The van der Waals surface area contributed by atoms with Crippen LogP contribution in [0, 0.1) is 0 Å². The Morgan fingerprint density at radius 1 is 1.17 bits per heavy atom. The van der Waals surface area contributed by atoms with E-state index in [9.17, 15) is 0 Å². The summed E-state index contributed by atoms with van der Waals surface area (Å²) in [5.41, 5.74) is 1.72. The lowest BCUT2D eigenvalue weighted by Crippen LogP contribution is -2.24. The minimum atomic E-state index is 0.338. The van der Waals surface area contributed by atoms with Crippen LogP contribution in [0.4, 0.5) is 0 Å². The summed E-state index contributed by atoms with van der Waals surface area (Å²) in [6.45, 7) is 1.09. The van der Waals surface area contributed by atoms with Crippen molar-refractivity contribution < 1.29 is 0 Å². The Hall–Kier alpha value is -0.240. The summed E-state index contributed by atoms with van der Waals surface area (Å²) in [5, 5.41) is 4.58. The molecule has 18 heavy (non-hydrogen) atoms. The van der Waals surface area contributed by atoms with Crippen LogP contribution < -0.4 is 5.32 Å². The monoisotopic (exact) mass is 285 g/mol. The Kier molecular flexibility index (Phi) is 4.94. The Balaban J connectivity index is 2.20. The first-order valence-electron chi connectivity index (χ1n) is 6.78. The van der Waals surface area contributed by atoms with E-state index in [2.05, 4.69) is 17.4 Å². The van der Waals surface area contributed by atoms with Crippen molar-refractivity contribution >= 4 is 23.2 Å². The number of rotatable bonds is 5. The molecular formula is C15H21Cl2N. The Labute approximate surface area is 120 Å². The second-order valence-electron chi connectivity index (χ2n) is 5.32. The summed E-state index contributed by atoms with van der Waals surface area (Å²) in [6, 6.07) is 6.19. The van der Waals surface area contributed by atoms with Gasteiger partial charge in [-0.25, -0.2) is 0 Å². The van der Waals surface area contributed by atoms with Crippen LogP contribution in [-0.4, -0.2) is 13.6 Å². The topological polar surface area (TPSA) is 12.0 Å². The molecule has 0 unspecified atom stereocenters. The maximum absolute atomic E-state index is 6.17. The molecule has 0 heterocycles. The largest absolute Gasteiger partial charge is 0.320 e. The first kappa shape index (κ1) is 14.2. The van der Waals surface area contributed by atoms with Crippen LogP contribution in [0.15, 0.2) is 18.2 Å². The summed E-state index contributed by atoms with van der Waals surface area (Å²) < 4.78 is 0. The van der Waals surface area contributed by atoms with E-state index in [4.69, 9.17) is 23.2 Å². The molecule has 0 amide bonds. The third-order valence-electron chi connectivity index (χ3n) is 4.17. The lowest BCUT2D eigenvalue weighted by atomic mass is 9.75. The zero-order valence-electron chi connectivity index (χ0n) is 10.9. The average Bonchev–Trinajstić information content (AvgIpc) is 2.83. The molecule has 0 spiro atoms. The van der Waals surface area contributed by atoms with Gasteiger partial charge in [0.25, 0.3) is 0 Å². The molecule has 1 fully saturated rings. The van der Waals surface area contributed by atoms with Crippen LogP contribution in [-0.2, 0) is 5.41 Å². The molecule has 1 aliphatic rings. The van der Waals surface area contributed by atoms with Gasteiger partial charge in [-0.2, -0.15) is 0 Å². The number of hydrogen-bond acceptors (Lipinski definition) is 1. The van der Waals surface area contributed by atoms with E-state index < -0.39 is 0 Å². The number of halogens is 2. The SMILES string of the molecule is CNCCCC1(c2ccc(Cl)c(Cl)c2)CCCC1. The number of nitrogens with one attached hydrogen (secondary N) is 1. The molecule has 3 heteroatoms. The third-order valence-corrected chi connectivity index (χ3v) is 4.91. The zero-order chi connectivity index (χ0) is 13.0. The van der Waals surface area contributed by atoms with Crippen molar-refractivity contribution in [2.45, 2.75) is 43.9 Å². The Morgan fingerprint density at radius 3 is 2.50 bits per heavy atom. The van der Waals surface area contributed by atoms with E-state index in [0.717, 1.165) is 6.54 Å². The quantitative estimate of drug-likeness (QED) is 0.766. The van der Waals surface area contributed by atoms with Crippen LogP contribution in [0.25, 0.3) is 0 Å². The highest BCUT2D eigenvalue weighted by atomic mass is 35.5. The summed E-state index contributed by atoms with van der Waals surface area (Å²) in [5.74, 6) is 0. The molecule has 0 bridgehead atoms. The summed E-state index contributed by atoms with van der Waals surface area (Å²) in [7, 11) is 2.01. The van der Waals surface area contributed by atoms with Gasteiger partial charge >= 0.3 is 0 Å². The van der Waals surface area contributed by atoms with Crippen LogP contribution in [0.2, 0.25) is 10.0 Å². The highest BCUT2D eigenvalue weighted by molar-refractivity contribution is 6.42. The standard InChI is InChI=1S/C15H21Cl2N/c1-18-10-4-9-15(7-2-3-8-15)12-5-6-13(16)14(17)11-12/h5-6,11,18H,2-4,7-10H2,1H3. The molecule has 1 aliphatic carbocycles. The van der Waals surface area contributed by atoms with E-state index in [1.165, 1.54) is 44.1 Å². The predicted octanol–water partition coefficient (Wildman–Crippen LogP) is 4.80. The first-order chi connectivity index (χ1) is 8.68. The minimum Gasteiger partial charge on any atom is -0.320 e. The van der Waals surface area contributed by atoms with Gasteiger partial charge in [-0.05, 0) is 62.4 Å². The number of benzene rings is 1. The highest BCUT2D eigenvalue weighted by Gasteiger charge is 2.35. The summed E-state index contributed by atoms with van der Waals surface area (Å²) in [4.78, 5) is 0. The van der Waals surface area contributed by atoms with Gasteiger partial charge in [0, 0.05) is 0 Å². The molecule has 0 atom stereocenters. The molecular weight excluding hydrogens is 265 g/mol. The van der Waals surface area contributed by atoms with Crippen LogP contribution >= 0.6 is 23.2 Å². The van der Waals surface area contributed by atoms with E-state index in [0.29, 0.717) is 15.5 Å². The lowest BCUT2D eigenvalue weighted by Gasteiger charge is -2.30. The van der Waals surface area contributed by atoms with E-state index in [-0.39, 0.29) is 0 Å². The third kappa shape index (κ3) is 3.01. The van der Waals surface area contributed by atoms with Crippen molar-refractivity contribution in [3.8, 4) is 0 Å². The average molecular weight is 286 g/mol. The zero-order valence-corrected chi connectivity index (χ0v) is 12.4. The van der Waals surface area contributed by atoms with Crippen molar-refractivity contribution in [1.82, 2.24) is 5.32 Å². The molecule has 0 aromatic heterocycles. The van der Waals surface area contributed by atoms with Crippen molar-refractivity contribution in [2.24, 2.45) is 0 Å². The number of hydrogen-bond donors (Lipinski definition) is 1. The van der Waals surface area contributed by atoms with Gasteiger partial charge in [-0.15, -0.1) is 0 Å². The van der Waals surface area contributed by atoms with Crippen molar-refractivity contribution in [1.29, 1.82) is 0 Å². The Bertz CT molecular complexity index is 397. The smallest absolute Gasteiger partial charge is 0.0595 e. The fraction of sp³-hybridized carbons (Fsp3) is 0.600. The van der Waals surface area contributed by atoms with Gasteiger partial charge in [0.05, 0.1) is 10.0 Å². The highest BCUT2D eigenvalue weighted by Crippen LogP contribution is 2.45. The molecule has 1 aromatic rings. The molecule has 2 rings (SSSR count). The van der Waals surface area contributed by atoms with Gasteiger partial charge in [-0.1, -0.05) is 42.1 Å². The van der Waals surface area contributed by atoms with E-state index >= 15 is 0 Å². The molecule has 1 saturated carbocycles. The van der Waals surface area contributed by atoms with E-state index in [1.807, 2.05) is 13.1 Å². The van der Waals surface area contributed by atoms with Gasteiger partial charge in [0.2, 0.25) is 0 Å². The van der Waals surface area contributed by atoms with Gasteiger partial charge in [0.1, 0.15) is 0 Å². The second kappa shape index (κ2) is 6.27. The molecule has 0 saturated heterocycles. The van der Waals surface area contributed by atoms with Crippen LogP contribution in [0.3, 0.4) is 0 Å². The predicted molar refractivity (Wildman–Crippen MR) is 79.8 cm³/mol. The fourth-order valence-corrected chi connectivity index (χ4v) is 3.46.